The first-order chi connectivity index (χ1) is 9.61. The van der Waals surface area contributed by atoms with Crippen molar-refractivity contribution in [2.45, 2.75) is 13.5 Å². The zero-order valence-electron chi connectivity index (χ0n) is 11.0. The summed E-state index contributed by atoms with van der Waals surface area (Å²) in [4.78, 5) is 16.7. The Morgan fingerprint density at radius 2 is 1.90 bits per heavy atom. The normalized spacial score (nSPS) is 10.9. The van der Waals surface area contributed by atoms with Crippen LogP contribution in [-0.4, -0.2) is 9.97 Å². The van der Waals surface area contributed by atoms with Crippen molar-refractivity contribution in [1.82, 2.24) is 9.97 Å². The molecule has 3 N–H and O–H groups in total. The van der Waals surface area contributed by atoms with E-state index in [0.717, 1.165) is 32.9 Å². The summed E-state index contributed by atoms with van der Waals surface area (Å²) in [6.45, 7) is 2.66. The van der Waals surface area contributed by atoms with E-state index in [1.807, 2.05) is 43.3 Å². The standard InChI is InChI=1S/C15H14ClN3O/c1-9-2-3-10(6-12(9)16)8-17-11-4-5-13-14(7-11)19-15(20)18-13/h2-7,17H,8H2,1H3,(H2,18,19,20). The molecule has 5 heteroatoms. The molecule has 1 aromatic heterocycles. The molecule has 3 rings (SSSR count). The second kappa shape index (κ2) is 5.06. The van der Waals surface area contributed by atoms with Crippen LogP contribution in [0, 0.1) is 6.92 Å². The molecular weight excluding hydrogens is 274 g/mol. The molecule has 0 spiro atoms. The molecule has 20 heavy (non-hydrogen) atoms. The molecule has 0 radical (unpaired) electrons. The summed E-state index contributed by atoms with van der Waals surface area (Å²) < 4.78 is 0. The number of rotatable bonds is 3. The van der Waals surface area contributed by atoms with Crippen molar-refractivity contribution < 1.29 is 0 Å². The molecule has 0 saturated heterocycles. The minimum atomic E-state index is -0.192. The maximum absolute atomic E-state index is 11.2. The van der Waals surface area contributed by atoms with E-state index in [1.54, 1.807) is 0 Å². The first-order valence-corrected chi connectivity index (χ1v) is 6.70. The highest BCUT2D eigenvalue weighted by atomic mass is 35.5. The number of hydrogen-bond acceptors (Lipinski definition) is 2. The minimum absolute atomic E-state index is 0.192. The van der Waals surface area contributed by atoms with Gasteiger partial charge < -0.3 is 15.3 Å². The van der Waals surface area contributed by atoms with E-state index in [1.165, 1.54) is 0 Å². The van der Waals surface area contributed by atoms with Crippen molar-refractivity contribution in [3.05, 3.63) is 63.0 Å². The number of anilines is 1. The van der Waals surface area contributed by atoms with Gasteiger partial charge in [0.25, 0.3) is 0 Å². The summed E-state index contributed by atoms with van der Waals surface area (Å²) in [5, 5.41) is 4.09. The SMILES string of the molecule is Cc1ccc(CNc2ccc3[nH]c(=O)[nH]c3c2)cc1Cl. The Hall–Kier alpha value is -2.20. The Morgan fingerprint density at radius 1 is 1.10 bits per heavy atom. The van der Waals surface area contributed by atoms with Crippen LogP contribution in [0.3, 0.4) is 0 Å². The molecule has 1 heterocycles. The third-order valence-electron chi connectivity index (χ3n) is 3.25. The highest BCUT2D eigenvalue weighted by Gasteiger charge is 2.01. The van der Waals surface area contributed by atoms with Crippen LogP contribution in [0.1, 0.15) is 11.1 Å². The number of aromatic amines is 2. The number of aryl methyl sites for hydroxylation is 1. The van der Waals surface area contributed by atoms with Crippen LogP contribution < -0.4 is 11.0 Å². The highest BCUT2D eigenvalue weighted by Crippen LogP contribution is 2.19. The first kappa shape index (κ1) is 12.8. The molecule has 0 bridgehead atoms. The van der Waals surface area contributed by atoms with E-state index >= 15 is 0 Å². The van der Waals surface area contributed by atoms with E-state index in [4.69, 9.17) is 11.6 Å². The quantitative estimate of drug-likeness (QED) is 0.691. The Labute approximate surface area is 120 Å². The van der Waals surface area contributed by atoms with Gasteiger partial charge >= 0.3 is 5.69 Å². The number of nitrogens with one attached hydrogen (secondary N) is 3. The van der Waals surface area contributed by atoms with E-state index < -0.39 is 0 Å². The lowest BCUT2D eigenvalue weighted by molar-refractivity contribution is 1.15. The van der Waals surface area contributed by atoms with Crippen molar-refractivity contribution in [3.8, 4) is 0 Å². The number of aromatic nitrogens is 2. The number of halogens is 1. The summed E-state index contributed by atoms with van der Waals surface area (Å²) in [7, 11) is 0. The second-order valence-electron chi connectivity index (χ2n) is 4.78. The van der Waals surface area contributed by atoms with E-state index in [-0.39, 0.29) is 5.69 Å². The predicted octanol–water partition coefficient (Wildman–Crippen LogP) is 3.43. The summed E-state index contributed by atoms with van der Waals surface area (Å²) in [6, 6.07) is 11.7. The third-order valence-corrected chi connectivity index (χ3v) is 3.66. The lowest BCUT2D eigenvalue weighted by Crippen LogP contribution is -1.99. The first-order valence-electron chi connectivity index (χ1n) is 6.33. The lowest BCUT2D eigenvalue weighted by Gasteiger charge is -2.08. The molecule has 0 saturated carbocycles. The number of imidazole rings is 1. The molecule has 0 aliphatic carbocycles. The van der Waals surface area contributed by atoms with Crippen LogP contribution in [0.5, 0.6) is 0 Å². The van der Waals surface area contributed by atoms with Crippen molar-refractivity contribution in [2.24, 2.45) is 0 Å². The summed E-state index contributed by atoms with van der Waals surface area (Å²) >= 11 is 6.10. The predicted molar refractivity (Wildman–Crippen MR) is 82.4 cm³/mol. The van der Waals surface area contributed by atoms with Crippen LogP contribution in [0.2, 0.25) is 5.02 Å². The fraction of sp³-hybridized carbons (Fsp3) is 0.133. The van der Waals surface area contributed by atoms with Gasteiger partial charge in [-0.3, -0.25) is 0 Å². The van der Waals surface area contributed by atoms with Gasteiger partial charge in [-0.2, -0.15) is 0 Å². The molecule has 0 aliphatic heterocycles. The van der Waals surface area contributed by atoms with Crippen molar-refractivity contribution in [2.75, 3.05) is 5.32 Å². The Morgan fingerprint density at radius 3 is 2.70 bits per heavy atom. The fourth-order valence-corrected chi connectivity index (χ4v) is 2.30. The van der Waals surface area contributed by atoms with Gasteiger partial charge in [0.15, 0.2) is 0 Å². The highest BCUT2D eigenvalue weighted by molar-refractivity contribution is 6.31. The largest absolute Gasteiger partial charge is 0.381 e. The molecule has 0 unspecified atom stereocenters. The van der Waals surface area contributed by atoms with Crippen molar-refractivity contribution in [1.29, 1.82) is 0 Å². The van der Waals surface area contributed by atoms with Crippen LogP contribution >= 0.6 is 11.6 Å². The van der Waals surface area contributed by atoms with E-state index in [9.17, 15) is 4.79 Å². The maximum atomic E-state index is 11.2. The Kier molecular flexibility index (Phi) is 3.24. The minimum Gasteiger partial charge on any atom is -0.381 e. The van der Waals surface area contributed by atoms with Crippen molar-refractivity contribution >= 4 is 28.3 Å². The van der Waals surface area contributed by atoms with Gasteiger partial charge in [0.05, 0.1) is 11.0 Å². The molecule has 102 valence electrons. The van der Waals surface area contributed by atoms with Gasteiger partial charge in [0.1, 0.15) is 0 Å². The summed E-state index contributed by atoms with van der Waals surface area (Å²) in [5.74, 6) is 0. The van der Waals surface area contributed by atoms with Gasteiger partial charge in [0.2, 0.25) is 0 Å². The average Bonchev–Trinajstić information content (AvgIpc) is 2.79. The lowest BCUT2D eigenvalue weighted by atomic mass is 10.1. The average molecular weight is 288 g/mol. The molecule has 4 nitrogen and oxygen atoms in total. The van der Waals surface area contributed by atoms with Crippen LogP contribution in [0.15, 0.2) is 41.2 Å². The van der Waals surface area contributed by atoms with Gasteiger partial charge in [-0.05, 0) is 42.3 Å². The van der Waals surface area contributed by atoms with Crippen molar-refractivity contribution in [3.63, 3.8) is 0 Å². The fourth-order valence-electron chi connectivity index (χ4n) is 2.09. The number of benzene rings is 2. The monoisotopic (exact) mass is 287 g/mol. The summed E-state index contributed by atoms with van der Waals surface area (Å²) in [5.41, 5.74) is 4.54. The molecule has 0 atom stereocenters. The molecule has 3 aromatic rings. The molecule has 0 amide bonds. The van der Waals surface area contributed by atoms with E-state index in [0.29, 0.717) is 6.54 Å². The van der Waals surface area contributed by atoms with Gasteiger partial charge in [-0.15, -0.1) is 0 Å². The van der Waals surface area contributed by atoms with Gasteiger partial charge in [-0.25, -0.2) is 4.79 Å². The topological polar surface area (TPSA) is 60.7 Å². The number of hydrogen-bond donors (Lipinski definition) is 3. The third kappa shape index (κ3) is 2.56. The molecular formula is C15H14ClN3O. The second-order valence-corrected chi connectivity index (χ2v) is 5.18. The molecule has 0 fully saturated rings. The van der Waals surface area contributed by atoms with Crippen LogP contribution in [-0.2, 0) is 6.54 Å². The maximum Gasteiger partial charge on any atom is 0.323 e. The van der Waals surface area contributed by atoms with Crippen LogP contribution in [0.4, 0.5) is 5.69 Å². The zero-order valence-corrected chi connectivity index (χ0v) is 11.7. The molecule has 0 aliphatic rings. The molecule has 2 aromatic carbocycles. The Balaban J connectivity index is 1.78. The van der Waals surface area contributed by atoms with Crippen LogP contribution in [0.25, 0.3) is 11.0 Å². The van der Waals surface area contributed by atoms with Gasteiger partial charge in [0, 0.05) is 17.3 Å². The number of fused-ring (bicyclic) bond motifs is 1. The van der Waals surface area contributed by atoms with Gasteiger partial charge in [-0.1, -0.05) is 23.7 Å². The zero-order chi connectivity index (χ0) is 14.1. The smallest absolute Gasteiger partial charge is 0.323 e. The Bertz CT molecular complexity index is 819. The number of H-pyrrole nitrogens is 2. The van der Waals surface area contributed by atoms with E-state index in [2.05, 4.69) is 15.3 Å². The summed E-state index contributed by atoms with van der Waals surface area (Å²) in [6.07, 6.45) is 0.